The molecule has 0 radical (unpaired) electrons. The molecule has 3 N–H and O–H groups in total. The molecular weight excluding hydrogens is 188 g/mol. The van der Waals surface area contributed by atoms with Crippen LogP contribution in [0.15, 0.2) is 0 Å². The highest BCUT2D eigenvalue weighted by atomic mass is 16.5. The normalized spacial score (nSPS) is 43.4. The first-order chi connectivity index (χ1) is 6.40. The number of esters is 1. The number of carbonyl (C=O) groups excluding carboxylic acids is 1. The molecule has 5 heteroatoms. The van der Waals surface area contributed by atoms with Gasteiger partial charge in [-0.3, -0.25) is 4.79 Å². The van der Waals surface area contributed by atoms with E-state index in [2.05, 4.69) is 4.74 Å². The molecule has 1 aliphatic rings. The molecule has 0 spiro atoms. The maximum atomic E-state index is 11.4. The van der Waals surface area contributed by atoms with Crippen LogP contribution in [0.1, 0.15) is 19.8 Å². The Kier molecular flexibility index (Phi) is 3.14. The van der Waals surface area contributed by atoms with Crippen LogP contribution in [0, 0.1) is 5.41 Å². The molecule has 0 unspecified atom stereocenters. The van der Waals surface area contributed by atoms with Crippen molar-refractivity contribution in [2.45, 2.75) is 38.1 Å². The van der Waals surface area contributed by atoms with E-state index in [9.17, 15) is 20.1 Å². The van der Waals surface area contributed by atoms with Crippen molar-refractivity contribution in [1.29, 1.82) is 0 Å². The Hall–Kier alpha value is -0.650. The fraction of sp³-hybridized carbons (Fsp3) is 0.889. The number of aliphatic hydroxyl groups is 3. The van der Waals surface area contributed by atoms with Gasteiger partial charge < -0.3 is 20.1 Å². The van der Waals surface area contributed by atoms with E-state index in [1.54, 1.807) is 6.92 Å². The number of hydrogen-bond donors (Lipinski definition) is 3. The molecule has 82 valence electrons. The number of hydrogen-bond acceptors (Lipinski definition) is 5. The number of aliphatic hydroxyl groups excluding tert-OH is 3. The van der Waals surface area contributed by atoms with Crippen LogP contribution in [0.5, 0.6) is 0 Å². The van der Waals surface area contributed by atoms with Gasteiger partial charge in [0.1, 0.15) is 6.10 Å². The third-order valence-electron chi connectivity index (χ3n) is 2.79. The van der Waals surface area contributed by atoms with E-state index in [4.69, 9.17) is 0 Å². The van der Waals surface area contributed by atoms with Crippen LogP contribution in [-0.4, -0.2) is 46.7 Å². The SMILES string of the molecule is COC(=O)[C@]1(C)C[C@@H](O)[C@@H](O)[C@H](O)C1. The summed E-state index contributed by atoms with van der Waals surface area (Å²) in [6.45, 7) is 1.61. The Morgan fingerprint density at radius 3 is 2.07 bits per heavy atom. The molecule has 1 saturated carbocycles. The molecule has 2 atom stereocenters. The minimum Gasteiger partial charge on any atom is -0.469 e. The molecule has 0 amide bonds. The first-order valence-corrected chi connectivity index (χ1v) is 4.53. The molecule has 0 saturated heterocycles. The molecule has 1 aliphatic carbocycles. The van der Waals surface area contributed by atoms with Crippen LogP contribution in [0.4, 0.5) is 0 Å². The molecule has 14 heavy (non-hydrogen) atoms. The number of methoxy groups -OCH3 is 1. The summed E-state index contributed by atoms with van der Waals surface area (Å²) in [6, 6.07) is 0. The predicted molar refractivity (Wildman–Crippen MR) is 47.4 cm³/mol. The van der Waals surface area contributed by atoms with Gasteiger partial charge in [0, 0.05) is 0 Å². The van der Waals surface area contributed by atoms with Crippen molar-refractivity contribution in [2.24, 2.45) is 5.41 Å². The average molecular weight is 204 g/mol. The average Bonchev–Trinajstić information content (AvgIpc) is 2.12. The summed E-state index contributed by atoms with van der Waals surface area (Å²) in [5, 5.41) is 28.1. The molecule has 0 bridgehead atoms. The quantitative estimate of drug-likeness (QED) is 0.479. The highest BCUT2D eigenvalue weighted by Gasteiger charge is 2.46. The van der Waals surface area contributed by atoms with Crippen molar-refractivity contribution >= 4 is 5.97 Å². The van der Waals surface area contributed by atoms with Gasteiger partial charge in [-0.25, -0.2) is 0 Å². The Morgan fingerprint density at radius 2 is 1.71 bits per heavy atom. The molecule has 1 fully saturated rings. The second-order valence-electron chi connectivity index (χ2n) is 4.09. The van der Waals surface area contributed by atoms with Gasteiger partial charge in [-0.2, -0.15) is 0 Å². The maximum Gasteiger partial charge on any atom is 0.311 e. The van der Waals surface area contributed by atoms with E-state index in [1.165, 1.54) is 7.11 Å². The van der Waals surface area contributed by atoms with Crippen LogP contribution in [-0.2, 0) is 9.53 Å². The summed E-state index contributed by atoms with van der Waals surface area (Å²) in [4.78, 5) is 11.4. The molecule has 0 aromatic heterocycles. The van der Waals surface area contributed by atoms with Gasteiger partial charge in [0.2, 0.25) is 0 Å². The highest BCUT2D eigenvalue weighted by molar-refractivity contribution is 5.76. The zero-order chi connectivity index (χ0) is 10.9. The first-order valence-electron chi connectivity index (χ1n) is 4.53. The van der Waals surface area contributed by atoms with Crippen LogP contribution >= 0.6 is 0 Å². The molecule has 1 rings (SSSR count). The van der Waals surface area contributed by atoms with Crippen molar-refractivity contribution in [3.63, 3.8) is 0 Å². The molecule has 5 nitrogen and oxygen atoms in total. The lowest BCUT2D eigenvalue weighted by Crippen LogP contribution is -2.51. The summed E-state index contributed by atoms with van der Waals surface area (Å²) in [6.07, 6.45) is -3.12. The minimum absolute atomic E-state index is 0.109. The molecule has 0 heterocycles. The van der Waals surface area contributed by atoms with E-state index >= 15 is 0 Å². The lowest BCUT2D eigenvalue weighted by Gasteiger charge is -2.39. The molecule has 0 aliphatic heterocycles. The van der Waals surface area contributed by atoms with E-state index in [1.807, 2.05) is 0 Å². The monoisotopic (exact) mass is 204 g/mol. The lowest BCUT2D eigenvalue weighted by atomic mass is 9.72. The van der Waals surface area contributed by atoms with Gasteiger partial charge in [-0.1, -0.05) is 0 Å². The lowest BCUT2D eigenvalue weighted by molar-refractivity contribution is -0.169. The summed E-state index contributed by atoms with van der Waals surface area (Å²) >= 11 is 0. The van der Waals surface area contributed by atoms with Gasteiger partial charge in [0.25, 0.3) is 0 Å². The fourth-order valence-electron chi connectivity index (χ4n) is 1.92. The van der Waals surface area contributed by atoms with Gasteiger partial charge in [0.15, 0.2) is 0 Å². The van der Waals surface area contributed by atoms with E-state index in [-0.39, 0.29) is 12.8 Å². The maximum absolute atomic E-state index is 11.4. The zero-order valence-electron chi connectivity index (χ0n) is 8.30. The van der Waals surface area contributed by atoms with Crippen LogP contribution in [0.2, 0.25) is 0 Å². The van der Waals surface area contributed by atoms with Crippen molar-refractivity contribution in [3.05, 3.63) is 0 Å². The van der Waals surface area contributed by atoms with Gasteiger partial charge in [-0.05, 0) is 19.8 Å². The van der Waals surface area contributed by atoms with E-state index < -0.39 is 29.7 Å². The van der Waals surface area contributed by atoms with E-state index in [0.29, 0.717) is 0 Å². The molecule has 0 aromatic carbocycles. The Bertz CT molecular complexity index is 215. The largest absolute Gasteiger partial charge is 0.469 e. The second kappa shape index (κ2) is 3.84. The van der Waals surface area contributed by atoms with Crippen molar-refractivity contribution in [3.8, 4) is 0 Å². The standard InChI is InChI=1S/C9H16O5/c1-9(8(13)14-2)3-5(10)7(12)6(11)4-9/h5-7,10-12H,3-4H2,1-2H3/t5-,6-,7-,9-/m1/s1. The zero-order valence-corrected chi connectivity index (χ0v) is 8.30. The summed E-state index contributed by atoms with van der Waals surface area (Å²) in [5.74, 6) is -0.470. The molecule has 0 aromatic rings. The van der Waals surface area contributed by atoms with Gasteiger partial charge in [-0.15, -0.1) is 0 Å². The first kappa shape index (κ1) is 11.4. The third kappa shape index (κ3) is 1.89. The van der Waals surface area contributed by atoms with E-state index in [0.717, 1.165) is 0 Å². The van der Waals surface area contributed by atoms with Crippen molar-refractivity contribution < 1.29 is 24.9 Å². The second-order valence-corrected chi connectivity index (χ2v) is 4.09. The number of ether oxygens (including phenoxy) is 1. The van der Waals surface area contributed by atoms with Crippen LogP contribution in [0.25, 0.3) is 0 Å². The number of carbonyl (C=O) groups is 1. The summed E-state index contributed by atoms with van der Waals surface area (Å²) < 4.78 is 4.58. The highest BCUT2D eigenvalue weighted by Crippen LogP contribution is 2.37. The number of rotatable bonds is 1. The van der Waals surface area contributed by atoms with Gasteiger partial charge in [0.05, 0.1) is 24.7 Å². The van der Waals surface area contributed by atoms with Crippen molar-refractivity contribution in [1.82, 2.24) is 0 Å². The Morgan fingerprint density at radius 1 is 1.29 bits per heavy atom. The molecular formula is C9H16O5. The Balaban J connectivity index is 2.78. The third-order valence-corrected chi connectivity index (χ3v) is 2.79. The van der Waals surface area contributed by atoms with Gasteiger partial charge >= 0.3 is 5.97 Å². The summed E-state index contributed by atoms with van der Waals surface area (Å²) in [5.41, 5.74) is -0.910. The summed E-state index contributed by atoms with van der Waals surface area (Å²) in [7, 11) is 1.26. The van der Waals surface area contributed by atoms with Crippen LogP contribution in [0.3, 0.4) is 0 Å². The topological polar surface area (TPSA) is 87.0 Å². The minimum atomic E-state index is -1.17. The smallest absolute Gasteiger partial charge is 0.311 e. The predicted octanol–water partition coefficient (Wildman–Crippen LogP) is -0.958. The van der Waals surface area contributed by atoms with Crippen molar-refractivity contribution in [2.75, 3.05) is 7.11 Å². The Labute approximate surface area is 82.3 Å². The van der Waals surface area contributed by atoms with Crippen LogP contribution < -0.4 is 0 Å². The fourth-order valence-corrected chi connectivity index (χ4v) is 1.92.